The van der Waals surface area contributed by atoms with Gasteiger partial charge in [0.1, 0.15) is 17.3 Å². The second kappa shape index (κ2) is 12.2. The van der Waals surface area contributed by atoms with E-state index in [1.165, 1.54) is 23.3 Å². The smallest absolute Gasteiger partial charge is 0.140 e. The topological polar surface area (TPSA) is 66.7 Å². The molecule has 0 aromatic carbocycles. The maximum Gasteiger partial charge on any atom is 0.140 e. The number of rotatable bonds is 8. The fourth-order valence-electron chi connectivity index (χ4n) is 6.31. The summed E-state index contributed by atoms with van der Waals surface area (Å²) in [6.45, 7) is 20.0. The molecule has 5 heterocycles. The molecule has 7 nitrogen and oxygen atoms in total. The number of ether oxygens (including phenoxy) is 1. The highest BCUT2D eigenvalue weighted by Crippen LogP contribution is 2.44. The minimum atomic E-state index is -0.385. The number of anilines is 1. The molecule has 3 aromatic heterocycles. The number of fused-ring (bicyclic) bond motifs is 1. The van der Waals surface area contributed by atoms with E-state index in [0.717, 1.165) is 79.7 Å². The van der Waals surface area contributed by atoms with Gasteiger partial charge in [0.25, 0.3) is 0 Å². The van der Waals surface area contributed by atoms with Gasteiger partial charge in [0.2, 0.25) is 0 Å². The third-order valence-corrected chi connectivity index (χ3v) is 8.48. The van der Waals surface area contributed by atoms with E-state index in [0.29, 0.717) is 18.1 Å². The number of imidazole rings is 1. The number of pyridine rings is 2. The maximum atomic E-state index is 13.8. The van der Waals surface area contributed by atoms with Crippen LogP contribution < -0.4 is 10.6 Å². The first kappa shape index (κ1) is 29.0. The second-order valence-electron chi connectivity index (χ2n) is 10.9. The zero-order chi connectivity index (χ0) is 29.1. The van der Waals surface area contributed by atoms with E-state index in [1.807, 2.05) is 24.4 Å². The van der Waals surface area contributed by atoms with Gasteiger partial charge in [-0.3, -0.25) is 9.30 Å². The largest absolute Gasteiger partial charge is 0.381 e. The van der Waals surface area contributed by atoms with Gasteiger partial charge in [0, 0.05) is 54.7 Å². The Morgan fingerprint density at radius 2 is 2.05 bits per heavy atom. The van der Waals surface area contributed by atoms with Crippen LogP contribution in [0.4, 0.5) is 10.2 Å². The SMILES string of the molecule is C=C1NCC2=C1C(C)(Nc1ccc(C3CCOC3)c(CN(CC)CC)n1)CC=C2c1cnc2cc(F)ccn12.CC. The third kappa shape index (κ3) is 5.55. The van der Waals surface area contributed by atoms with Crippen molar-refractivity contribution in [1.82, 2.24) is 24.6 Å². The molecule has 3 aliphatic rings. The number of nitrogens with zero attached hydrogens (tertiary/aromatic N) is 4. The van der Waals surface area contributed by atoms with E-state index >= 15 is 0 Å². The summed E-state index contributed by atoms with van der Waals surface area (Å²) in [6.07, 6.45) is 7.63. The van der Waals surface area contributed by atoms with Crippen LogP contribution in [0.2, 0.25) is 0 Å². The Morgan fingerprint density at radius 3 is 2.78 bits per heavy atom. The van der Waals surface area contributed by atoms with Crippen molar-refractivity contribution < 1.29 is 9.13 Å². The van der Waals surface area contributed by atoms with Gasteiger partial charge in [-0.15, -0.1) is 0 Å². The molecule has 1 fully saturated rings. The molecule has 6 rings (SSSR count). The predicted molar refractivity (Wildman–Crippen MR) is 164 cm³/mol. The molecule has 2 N–H and O–H groups in total. The van der Waals surface area contributed by atoms with Crippen LogP contribution in [-0.4, -0.2) is 57.7 Å². The molecule has 8 heteroatoms. The van der Waals surface area contributed by atoms with Crippen LogP contribution in [0.1, 0.15) is 70.3 Å². The number of halogens is 1. The standard InChI is InChI=1S/C31H37FN6O.C2H6/c1-5-37(6-2)18-26-23(21-11-14-39-19-21)7-8-28(35-26)36-31(4)12-9-24(25-16-33-20(3)30(25)31)27-17-34-29-15-22(32)10-13-38(27)29;1-2/h7-10,13,15,17,21,33H,3,5-6,11-12,14,16,18-19H2,1-2,4H3,(H,35,36);1-2H3. The maximum absolute atomic E-state index is 13.8. The Labute approximate surface area is 243 Å². The van der Waals surface area contributed by atoms with Gasteiger partial charge < -0.3 is 15.4 Å². The van der Waals surface area contributed by atoms with Crippen molar-refractivity contribution in [2.75, 3.05) is 38.2 Å². The summed E-state index contributed by atoms with van der Waals surface area (Å²) in [5.41, 5.74) is 7.99. The molecule has 41 heavy (non-hydrogen) atoms. The Morgan fingerprint density at radius 1 is 1.24 bits per heavy atom. The minimum absolute atomic E-state index is 0.288. The summed E-state index contributed by atoms with van der Waals surface area (Å²) in [7, 11) is 0. The Kier molecular flexibility index (Phi) is 8.61. The lowest BCUT2D eigenvalue weighted by molar-refractivity contribution is 0.193. The van der Waals surface area contributed by atoms with E-state index < -0.39 is 0 Å². The third-order valence-electron chi connectivity index (χ3n) is 8.48. The molecule has 0 amide bonds. The van der Waals surface area contributed by atoms with Crippen LogP contribution in [0.25, 0.3) is 11.2 Å². The zero-order valence-corrected chi connectivity index (χ0v) is 25.1. The van der Waals surface area contributed by atoms with Crippen LogP contribution in [0.5, 0.6) is 0 Å². The Bertz CT molecular complexity index is 1480. The van der Waals surface area contributed by atoms with E-state index in [2.05, 4.69) is 66.1 Å². The number of hydrogen-bond donors (Lipinski definition) is 2. The lowest BCUT2D eigenvalue weighted by Gasteiger charge is -2.37. The Hall–Kier alpha value is -3.49. The van der Waals surface area contributed by atoms with Crippen molar-refractivity contribution in [2.45, 2.75) is 65.5 Å². The van der Waals surface area contributed by atoms with Gasteiger partial charge in [-0.2, -0.15) is 0 Å². The molecule has 2 unspecified atom stereocenters. The average Bonchev–Trinajstić information content (AvgIpc) is 3.74. The summed E-state index contributed by atoms with van der Waals surface area (Å²) in [4.78, 5) is 12.1. The highest BCUT2D eigenvalue weighted by atomic mass is 19.1. The summed E-state index contributed by atoms with van der Waals surface area (Å²) in [6, 6.07) is 7.30. The first-order valence-electron chi connectivity index (χ1n) is 15.0. The van der Waals surface area contributed by atoms with Gasteiger partial charge >= 0.3 is 0 Å². The fraction of sp³-hybridized carbons (Fsp3) is 0.455. The summed E-state index contributed by atoms with van der Waals surface area (Å²) >= 11 is 0. The monoisotopic (exact) mass is 558 g/mol. The number of aromatic nitrogens is 3. The molecular weight excluding hydrogens is 515 g/mol. The van der Waals surface area contributed by atoms with Gasteiger partial charge in [0.15, 0.2) is 0 Å². The van der Waals surface area contributed by atoms with Crippen molar-refractivity contribution in [3.63, 3.8) is 0 Å². The molecule has 0 spiro atoms. The molecular formula is C33H43FN6O. The van der Waals surface area contributed by atoms with Crippen LogP contribution in [0, 0.1) is 5.82 Å². The van der Waals surface area contributed by atoms with Crippen LogP contribution in [0.3, 0.4) is 0 Å². The fourth-order valence-corrected chi connectivity index (χ4v) is 6.31. The molecule has 0 bridgehead atoms. The molecule has 1 saturated heterocycles. The average molecular weight is 559 g/mol. The molecule has 3 aromatic rings. The van der Waals surface area contributed by atoms with Gasteiger partial charge in [-0.25, -0.2) is 14.4 Å². The molecule has 2 aliphatic heterocycles. The van der Waals surface area contributed by atoms with Crippen molar-refractivity contribution in [3.05, 3.63) is 88.9 Å². The van der Waals surface area contributed by atoms with Crippen molar-refractivity contribution in [2.24, 2.45) is 0 Å². The van der Waals surface area contributed by atoms with Crippen molar-refractivity contribution in [1.29, 1.82) is 0 Å². The highest BCUT2D eigenvalue weighted by molar-refractivity contribution is 5.85. The molecule has 0 saturated carbocycles. The van der Waals surface area contributed by atoms with Crippen LogP contribution in [-0.2, 0) is 11.3 Å². The van der Waals surface area contributed by atoms with E-state index in [-0.39, 0.29) is 11.4 Å². The molecule has 1 aliphatic carbocycles. The van der Waals surface area contributed by atoms with E-state index in [9.17, 15) is 4.39 Å². The minimum Gasteiger partial charge on any atom is -0.381 e. The van der Waals surface area contributed by atoms with Crippen LogP contribution >= 0.6 is 0 Å². The molecule has 218 valence electrons. The second-order valence-corrected chi connectivity index (χ2v) is 10.9. The molecule has 0 radical (unpaired) electrons. The summed E-state index contributed by atoms with van der Waals surface area (Å²) in [5.74, 6) is 0.986. The quantitative estimate of drug-likeness (QED) is 0.338. The van der Waals surface area contributed by atoms with Gasteiger partial charge in [0.05, 0.1) is 29.7 Å². The normalized spacial score (nSPS) is 22.0. The zero-order valence-electron chi connectivity index (χ0n) is 25.1. The van der Waals surface area contributed by atoms with Crippen molar-refractivity contribution in [3.8, 4) is 0 Å². The predicted octanol–water partition coefficient (Wildman–Crippen LogP) is 6.31. The van der Waals surface area contributed by atoms with E-state index in [1.54, 1.807) is 6.20 Å². The van der Waals surface area contributed by atoms with Crippen LogP contribution in [0.15, 0.2) is 66.2 Å². The van der Waals surface area contributed by atoms with Gasteiger partial charge in [-0.05, 0) is 56.1 Å². The lowest BCUT2D eigenvalue weighted by atomic mass is 9.77. The summed E-state index contributed by atoms with van der Waals surface area (Å²) in [5, 5.41) is 7.27. The number of hydrogen-bond acceptors (Lipinski definition) is 6. The highest BCUT2D eigenvalue weighted by Gasteiger charge is 2.40. The first-order chi connectivity index (χ1) is 19.9. The Balaban J connectivity index is 0.00000165. The number of nitrogens with one attached hydrogen (secondary N) is 2. The van der Waals surface area contributed by atoms with Gasteiger partial charge in [-0.1, -0.05) is 46.4 Å². The van der Waals surface area contributed by atoms with Crippen molar-refractivity contribution >= 4 is 17.0 Å². The lowest BCUT2D eigenvalue weighted by Crippen LogP contribution is -2.39. The van der Waals surface area contributed by atoms with E-state index in [4.69, 9.17) is 9.72 Å². The molecule has 2 atom stereocenters. The first-order valence-corrected chi connectivity index (χ1v) is 15.0. The summed E-state index contributed by atoms with van der Waals surface area (Å²) < 4.78 is 21.5.